The van der Waals surface area contributed by atoms with Gasteiger partial charge < -0.3 is 24.8 Å². The van der Waals surface area contributed by atoms with Gasteiger partial charge in [0.1, 0.15) is 22.5 Å². The number of ether oxygens (including phenoxy) is 3. The van der Waals surface area contributed by atoms with Crippen LogP contribution in [0.2, 0.25) is 0 Å². The van der Waals surface area contributed by atoms with Crippen molar-refractivity contribution in [2.45, 2.75) is 38.0 Å². The van der Waals surface area contributed by atoms with E-state index in [2.05, 4.69) is 0 Å². The lowest BCUT2D eigenvalue weighted by molar-refractivity contribution is -0.141. The first kappa shape index (κ1) is 23.7. The molecule has 2 heterocycles. The Morgan fingerprint density at radius 1 is 1.11 bits per heavy atom. The number of ketones is 1. The summed E-state index contributed by atoms with van der Waals surface area (Å²) < 4.78 is 16.6. The molecule has 2 atom stereocenters. The Morgan fingerprint density at radius 3 is 2.50 bits per heavy atom. The van der Waals surface area contributed by atoms with Crippen LogP contribution in [0.4, 0.5) is 5.69 Å². The number of rotatable bonds is 5. The monoisotopic (exact) mass is 488 g/mol. The highest BCUT2D eigenvalue weighted by atomic mass is 16.5. The quantitative estimate of drug-likeness (QED) is 0.642. The summed E-state index contributed by atoms with van der Waals surface area (Å²) in [7, 11) is 1.60. The number of hydrogen-bond acceptors (Lipinski definition) is 7. The third kappa shape index (κ3) is 3.24. The number of likely N-dealkylation sites (N-methyl/N-ethyl adjacent to an activating group) is 1. The number of esters is 1. The van der Waals surface area contributed by atoms with Crippen LogP contribution in [-0.4, -0.2) is 37.9 Å². The number of allylic oxidation sites excluding steroid dienone is 1. The molecular weight excluding hydrogens is 460 g/mol. The number of nitrogens with zero attached hydrogens (tertiary/aromatic N) is 1. The van der Waals surface area contributed by atoms with Gasteiger partial charge in [-0.2, -0.15) is 0 Å². The molecule has 0 saturated heterocycles. The van der Waals surface area contributed by atoms with E-state index in [9.17, 15) is 14.4 Å². The van der Waals surface area contributed by atoms with Gasteiger partial charge in [-0.3, -0.25) is 9.59 Å². The van der Waals surface area contributed by atoms with Crippen molar-refractivity contribution in [2.75, 3.05) is 25.2 Å². The molecule has 2 aromatic rings. The van der Waals surface area contributed by atoms with Crippen molar-refractivity contribution in [1.82, 2.24) is 0 Å². The summed E-state index contributed by atoms with van der Waals surface area (Å²) in [6, 6.07) is 14.7. The Morgan fingerprint density at radius 2 is 1.83 bits per heavy atom. The van der Waals surface area contributed by atoms with Gasteiger partial charge in [0.25, 0.3) is 0 Å². The van der Waals surface area contributed by atoms with Gasteiger partial charge in [0, 0.05) is 30.6 Å². The number of methoxy groups -OCH3 is 1. The maximum absolute atomic E-state index is 14.2. The Kier molecular flexibility index (Phi) is 5.82. The standard InChI is InChI=1S/C28H28N2O6/c1-4-30-20-9-7-6-8-19(20)28(27(30)33)23-21(31)14-17(16-10-12-18(34-3)13-11-16)15-22(23)36-25(29)24(28)26(32)35-5-2/h6-13,17H,4-5,14-15,29H2,1-3H3/t17-,28-/m0/s1. The molecule has 5 rings (SSSR count). The molecule has 0 radical (unpaired) electrons. The van der Waals surface area contributed by atoms with Crippen LogP contribution < -0.4 is 15.4 Å². The van der Waals surface area contributed by atoms with Gasteiger partial charge in [-0.25, -0.2) is 4.79 Å². The summed E-state index contributed by atoms with van der Waals surface area (Å²) in [4.78, 5) is 43.0. The number of nitrogens with two attached hydrogens (primary N) is 1. The summed E-state index contributed by atoms with van der Waals surface area (Å²) in [5.41, 5.74) is 6.83. The topological polar surface area (TPSA) is 108 Å². The van der Waals surface area contributed by atoms with Crippen LogP contribution in [0.15, 0.2) is 71.3 Å². The van der Waals surface area contributed by atoms with Crippen LogP contribution in [0, 0.1) is 0 Å². The number of Topliss-reactive ketones (excluding diaryl/α,β-unsaturated/α-hetero) is 1. The molecule has 0 aromatic heterocycles. The second kappa shape index (κ2) is 8.86. The molecular formula is C28H28N2O6. The van der Waals surface area contributed by atoms with Crippen LogP contribution in [0.5, 0.6) is 5.75 Å². The highest BCUT2D eigenvalue weighted by Gasteiger charge is 2.64. The van der Waals surface area contributed by atoms with E-state index in [1.165, 1.54) is 0 Å². The Hall–Kier alpha value is -4.07. The van der Waals surface area contributed by atoms with E-state index >= 15 is 0 Å². The molecule has 3 aliphatic rings. The summed E-state index contributed by atoms with van der Waals surface area (Å²) in [6.45, 7) is 3.96. The van der Waals surface area contributed by atoms with Crippen LogP contribution in [0.3, 0.4) is 0 Å². The largest absolute Gasteiger partial charge is 0.497 e. The molecule has 2 aliphatic heterocycles. The Labute approximate surface area is 209 Å². The predicted molar refractivity (Wildman–Crippen MR) is 132 cm³/mol. The van der Waals surface area contributed by atoms with Gasteiger partial charge in [0.15, 0.2) is 5.78 Å². The first-order chi connectivity index (χ1) is 17.4. The minimum Gasteiger partial charge on any atom is -0.497 e. The van der Waals surface area contributed by atoms with E-state index in [1.807, 2.05) is 43.3 Å². The van der Waals surface area contributed by atoms with Gasteiger partial charge in [-0.05, 0) is 43.5 Å². The van der Waals surface area contributed by atoms with E-state index in [0.717, 1.165) is 5.56 Å². The predicted octanol–water partition coefficient (Wildman–Crippen LogP) is 3.46. The second-order valence-corrected chi connectivity index (χ2v) is 8.98. The van der Waals surface area contributed by atoms with Gasteiger partial charge in [-0.1, -0.05) is 30.3 Å². The smallest absolute Gasteiger partial charge is 0.341 e. The summed E-state index contributed by atoms with van der Waals surface area (Å²) in [5.74, 6) is -0.780. The number of para-hydroxylation sites is 1. The zero-order valence-electron chi connectivity index (χ0n) is 20.5. The maximum atomic E-state index is 14.2. The first-order valence-electron chi connectivity index (χ1n) is 12.1. The third-order valence-corrected chi connectivity index (χ3v) is 7.20. The molecule has 36 heavy (non-hydrogen) atoms. The summed E-state index contributed by atoms with van der Waals surface area (Å²) >= 11 is 0. The molecule has 0 unspecified atom stereocenters. The van der Waals surface area contributed by atoms with Crippen molar-refractivity contribution >= 4 is 23.3 Å². The van der Waals surface area contributed by atoms with Crippen molar-refractivity contribution in [3.8, 4) is 5.75 Å². The van der Waals surface area contributed by atoms with Gasteiger partial charge in [-0.15, -0.1) is 0 Å². The van der Waals surface area contributed by atoms with E-state index in [0.29, 0.717) is 35.7 Å². The Balaban J connectivity index is 1.72. The molecule has 186 valence electrons. The number of benzene rings is 2. The van der Waals surface area contributed by atoms with Crippen molar-refractivity contribution < 1.29 is 28.6 Å². The second-order valence-electron chi connectivity index (χ2n) is 8.98. The fourth-order valence-corrected chi connectivity index (χ4v) is 5.70. The zero-order chi connectivity index (χ0) is 25.6. The molecule has 1 amide bonds. The fraction of sp³-hybridized carbons (Fsp3) is 0.321. The molecule has 2 aromatic carbocycles. The summed E-state index contributed by atoms with van der Waals surface area (Å²) in [6.07, 6.45) is 0.515. The van der Waals surface area contributed by atoms with Crippen molar-refractivity contribution in [2.24, 2.45) is 5.73 Å². The Bertz CT molecular complexity index is 1330. The van der Waals surface area contributed by atoms with Crippen molar-refractivity contribution in [3.63, 3.8) is 0 Å². The van der Waals surface area contributed by atoms with E-state index in [4.69, 9.17) is 19.9 Å². The normalized spacial score (nSPS) is 23.0. The lowest BCUT2D eigenvalue weighted by Gasteiger charge is -2.40. The van der Waals surface area contributed by atoms with E-state index in [1.54, 1.807) is 31.1 Å². The van der Waals surface area contributed by atoms with Crippen molar-refractivity contribution in [1.29, 1.82) is 0 Å². The maximum Gasteiger partial charge on any atom is 0.341 e. The van der Waals surface area contributed by atoms with Gasteiger partial charge in [0.2, 0.25) is 11.8 Å². The van der Waals surface area contributed by atoms with Gasteiger partial charge in [0.05, 0.1) is 19.3 Å². The minimum absolute atomic E-state index is 0.0818. The first-order valence-corrected chi connectivity index (χ1v) is 12.1. The lowest BCUT2D eigenvalue weighted by atomic mass is 9.63. The van der Waals surface area contributed by atoms with Crippen molar-refractivity contribution in [3.05, 3.63) is 82.4 Å². The molecule has 0 saturated carbocycles. The number of carbonyl (C=O) groups is 3. The zero-order valence-corrected chi connectivity index (χ0v) is 20.5. The number of fused-ring (bicyclic) bond motifs is 3. The average Bonchev–Trinajstić information content (AvgIpc) is 3.11. The van der Waals surface area contributed by atoms with Crippen LogP contribution in [0.1, 0.15) is 43.7 Å². The molecule has 0 fully saturated rings. The molecule has 2 N–H and O–H groups in total. The van der Waals surface area contributed by atoms with Crippen LogP contribution >= 0.6 is 0 Å². The minimum atomic E-state index is -1.71. The molecule has 1 spiro atoms. The number of amides is 1. The molecule has 1 aliphatic carbocycles. The van der Waals surface area contributed by atoms with Crippen LogP contribution in [-0.2, 0) is 29.3 Å². The number of hydrogen-bond donors (Lipinski definition) is 1. The molecule has 8 heteroatoms. The number of carbonyl (C=O) groups excluding carboxylic acids is 3. The van der Waals surface area contributed by atoms with Gasteiger partial charge >= 0.3 is 5.97 Å². The summed E-state index contributed by atoms with van der Waals surface area (Å²) in [5, 5.41) is 0. The van der Waals surface area contributed by atoms with E-state index in [-0.39, 0.29) is 41.8 Å². The molecule has 8 nitrogen and oxygen atoms in total. The highest BCUT2D eigenvalue weighted by molar-refractivity contribution is 6.23. The SMILES string of the molecule is CCOC(=O)C1=C(N)OC2=C(C(=O)C[C@H](c3ccc(OC)cc3)C2)[C@]12C(=O)N(CC)c1ccccc12. The lowest BCUT2D eigenvalue weighted by Crippen LogP contribution is -2.51. The fourth-order valence-electron chi connectivity index (χ4n) is 5.70. The molecule has 0 bridgehead atoms. The van der Waals surface area contributed by atoms with E-state index < -0.39 is 17.3 Å². The van der Waals surface area contributed by atoms with Crippen LogP contribution in [0.25, 0.3) is 0 Å². The average molecular weight is 489 g/mol. The third-order valence-electron chi connectivity index (χ3n) is 7.20. The highest BCUT2D eigenvalue weighted by Crippen LogP contribution is 2.57. The number of anilines is 1.